The fourth-order valence-corrected chi connectivity index (χ4v) is 4.00. The Morgan fingerprint density at radius 3 is 2.79 bits per heavy atom. The fourth-order valence-electron chi connectivity index (χ4n) is 1.69. The van der Waals surface area contributed by atoms with E-state index in [4.69, 9.17) is 5.73 Å². The van der Waals surface area contributed by atoms with Gasteiger partial charge in [-0.1, -0.05) is 6.92 Å². The topological polar surface area (TPSA) is 90.0 Å². The molecule has 0 aliphatic rings. The van der Waals surface area contributed by atoms with E-state index < -0.39 is 10.0 Å². The molecule has 2 heterocycles. The van der Waals surface area contributed by atoms with Crippen molar-refractivity contribution in [2.45, 2.75) is 24.1 Å². The van der Waals surface area contributed by atoms with E-state index in [1.807, 2.05) is 6.92 Å². The number of hydrogen-bond acceptors (Lipinski definition) is 5. The third kappa shape index (κ3) is 2.96. The van der Waals surface area contributed by atoms with Gasteiger partial charge in [0.1, 0.15) is 4.21 Å². The van der Waals surface area contributed by atoms with E-state index in [-0.39, 0.29) is 4.21 Å². The summed E-state index contributed by atoms with van der Waals surface area (Å²) in [6.07, 6.45) is 2.32. The number of aryl methyl sites for hydroxylation is 2. The number of hydrogen-bond donors (Lipinski definition) is 2. The third-order valence-electron chi connectivity index (χ3n) is 2.59. The van der Waals surface area contributed by atoms with Crippen molar-refractivity contribution >= 4 is 27.0 Å². The van der Waals surface area contributed by atoms with Crippen LogP contribution in [-0.2, 0) is 30.0 Å². The van der Waals surface area contributed by atoms with Gasteiger partial charge in [-0.3, -0.25) is 9.40 Å². The average molecular weight is 300 g/mol. The van der Waals surface area contributed by atoms with Gasteiger partial charge in [0.2, 0.25) is 0 Å². The van der Waals surface area contributed by atoms with E-state index in [1.165, 1.54) is 11.3 Å². The number of nitrogens with zero attached hydrogens (tertiary/aromatic N) is 2. The molecule has 3 N–H and O–H groups in total. The van der Waals surface area contributed by atoms with Crippen LogP contribution >= 0.6 is 11.3 Å². The molecule has 0 bridgehead atoms. The van der Waals surface area contributed by atoms with Gasteiger partial charge < -0.3 is 5.73 Å². The standard InChI is InChI=1S/C11H16N4O2S2/c1-3-9-10(7-15(2)13-9)14-19(16,17)11-5-4-8(6-12)18-11/h4-5,7,14H,3,6,12H2,1-2H3. The lowest BCUT2D eigenvalue weighted by molar-refractivity contribution is 0.603. The normalized spacial score (nSPS) is 11.7. The predicted molar refractivity (Wildman–Crippen MR) is 75.6 cm³/mol. The second-order valence-electron chi connectivity index (χ2n) is 4.05. The lowest BCUT2D eigenvalue weighted by Gasteiger charge is -2.04. The Hall–Kier alpha value is -1.38. The van der Waals surface area contributed by atoms with Crippen molar-refractivity contribution < 1.29 is 8.42 Å². The number of anilines is 1. The number of nitrogens with one attached hydrogen (secondary N) is 1. The van der Waals surface area contributed by atoms with Crippen molar-refractivity contribution in [2.75, 3.05) is 4.72 Å². The fraction of sp³-hybridized carbons (Fsp3) is 0.364. The maximum Gasteiger partial charge on any atom is 0.271 e. The summed E-state index contributed by atoms with van der Waals surface area (Å²) >= 11 is 1.18. The predicted octanol–water partition coefficient (Wildman–Crippen LogP) is 1.30. The highest BCUT2D eigenvalue weighted by molar-refractivity contribution is 7.94. The summed E-state index contributed by atoms with van der Waals surface area (Å²) < 4.78 is 28.9. The number of thiophene rings is 1. The minimum absolute atomic E-state index is 0.263. The van der Waals surface area contributed by atoms with Crippen LogP contribution in [0.3, 0.4) is 0 Å². The molecule has 0 fully saturated rings. The van der Waals surface area contributed by atoms with Gasteiger partial charge in [-0.25, -0.2) is 8.42 Å². The molecule has 2 aromatic rings. The zero-order chi connectivity index (χ0) is 14.0. The maximum absolute atomic E-state index is 12.2. The average Bonchev–Trinajstić information content (AvgIpc) is 2.95. The summed E-state index contributed by atoms with van der Waals surface area (Å²) in [6, 6.07) is 3.29. The Morgan fingerprint density at radius 1 is 1.47 bits per heavy atom. The van der Waals surface area contributed by atoms with Gasteiger partial charge in [0.05, 0.1) is 11.4 Å². The van der Waals surface area contributed by atoms with Crippen molar-refractivity contribution in [2.24, 2.45) is 12.8 Å². The Labute approximate surface area is 116 Å². The van der Waals surface area contributed by atoms with E-state index in [1.54, 1.807) is 30.1 Å². The van der Waals surface area contributed by atoms with E-state index in [0.717, 1.165) is 10.6 Å². The minimum atomic E-state index is -3.56. The largest absolute Gasteiger partial charge is 0.326 e. The molecule has 0 radical (unpaired) electrons. The van der Waals surface area contributed by atoms with Crippen molar-refractivity contribution in [3.8, 4) is 0 Å². The summed E-state index contributed by atoms with van der Waals surface area (Å²) in [5, 5.41) is 4.20. The Morgan fingerprint density at radius 2 is 2.21 bits per heavy atom. The van der Waals surface area contributed by atoms with Gasteiger partial charge in [-0.05, 0) is 18.6 Å². The van der Waals surface area contributed by atoms with Gasteiger partial charge in [-0.15, -0.1) is 11.3 Å². The quantitative estimate of drug-likeness (QED) is 0.871. The summed E-state index contributed by atoms with van der Waals surface area (Å²) in [7, 11) is -1.80. The molecule has 8 heteroatoms. The van der Waals surface area contributed by atoms with Crippen LogP contribution < -0.4 is 10.5 Å². The first-order valence-electron chi connectivity index (χ1n) is 5.80. The van der Waals surface area contributed by atoms with Crippen LogP contribution in [0.15, 0.2) is 22.5 Å². The number of nitrogens with two attached hydrogens (primary N) is 1. The molecule has 0 aliphatic heterocycles. The molecule has 6 nitrogen and oxygen atoms in total. The second-order valence-corrected chi connectivity index (χ2v) is 7.12. The Bertz CT molecular complexity index is 673. The van der Waals surface area contributed by atoms with Crippen LogP contribution in [0, 0.1) is 0 Å². The molecule has 2 aromatic heterocycles. The van der Waals surface area contributed by atoms with Crippen LogP contribution in [-0.4, -0.2) is 18.2 Å². The highest BCUT2D eigenvalue weighted by Crippen LogP contribution is 2.25. The summed E-state index contributed by atoms with van der Waals surface area (Å²) in [4.78, 5) is 0.835. The monoisotopic (exact) mass is 300 g/mol. The van der Waals surface area contributed by atoms with Crippen LogP contribution in [0.5, 0.6) is 0 Å². The van der Waals surface area contributed by atoms with E-state index in [0.29, 0.717) is 18.7 Å². The number of rotatable bonds is 5. The zero-order valence-electron chi connectivity index (χ0n) is 10.8. The first-order chi connectivity index (χ1) is 8.96. The molecular weight excluding hydrogens is 284 g/mol. The molecule has 0 spiro atoms. The Kier molecular flexibility index (Phi) is 3.93. The van der Waals surface area contributed by atoms with Crippen LogP contribution in [0.4, 0.5) is 5.69 Å². The van der Waals surface area contributed by atoms with Gasteiger partial charge in [0.25, 0.3) is 10.0 Å². The molecule has 0 atom stereocenters. The van der Waals surface area contributed by atoms with Crippen LogP contribution in [0.25, 0.3) is 0 Å². The lowest BCUT2D eigenvalue weighted by atomic mass is 10.3. The summed E-state index contributed by atoms with van der Waals surface area (Å²) in [5.74, 6) is 0. The maximum atomic E-state index is 12.2. The molecule has 0 saturated heterocycles. The van der Waals surface area contributed by atoms with Gasteiger partial charge >= 0.3 is 0 Å². The summed E-state index contributed by atoms with van der Waals surface area (Å²) in [6.45, 7) is 2.27. The molecule has 0 saturated carbocycles. The minimum Gasteiger partial charge on any atom is -0.326 e. The van der Waals surface area contributed by atoms with Crippen molar-refractivity contribution in [3.05, 3.63) is 28.9 Å². The van der Waals surface area contributed by atoms with Crippen molar-refractivity contribution in [1.29, 1.82) is 0 Å². The van der Waals surface area contributed by atoms with Crippen LogP contribution in [0.1, 0.15) is 17.5 Å². The first-order valence-corrected chi connectivity index (χ1v) is 8.10. The molecule has 0 amide bonds. The smallest absolute Gasteiger partial charge is 0.271 e. The second kappa shape index (κ2) is 5.32. The molecule has 0 aliphatic carbocycles. The van der Waals surface area contributed by atoms with Gasteiger partial charge in [-0.2, -0.15) is 5.10 Å². The lowest BCUT2D eigenvalue weighted by Crippen LogP contribution is -2.12. The van der Waals surface area contributed by atoms with E-state index >= 15 is 0 Å². The molecule has 19 heavy (non-hydrogen) atoms. The van der Waals surface area contributed by atoms with Gasteiger partial charge in [0.15, 0.2) is 0 Å². The molecule has 104 valence electrons. The highest BCUT2D eigenvalue weighted by atomic mass is 32.2. The van der Waals surface area contributed by atoms with E-state index in [2.05, 4.69) is 9.82 Å². The number of sulfonamides is 1. The van der Waals surface area contributed by atoms with Crippen LogP contribution in [0.2, 0.25) is 0 Å². The SMILES string of the molecule is CCc1nn(C)cc1NS(=O)(=O)c1ccc(CN)s1. The van der Waals surface area contributed by atoms with Gasteiger partial charge in [0, 0.05) is 24.7 Å². The third-order valence-corrected chi connectivity index (χ3v) is 5.55. The first kappa shape index (κ1) is 14.0. The molecule has 2 rings (SSSR count). The highest BCUT2D eigenvalue weighted by Gasteiger charge is 2.19. The summed E-state index contributed by atoms with van der Waals surface area (Å²) in [5.41, 5.74) is 6.73. The molecule has 0 aromatic carbocycles. The van der Waals surface area contributed by atoms with E-state index in [9.17, 15) is 8.42 Å². The molecular formula is C11H16N4O2S2. The molecule has 0 unspecified atom stereocenters. The Balaban J connectivity index is 2.30. The van der Waals surface area contributed by atoms with Crippen molar-refractivity contribution in [1.82, 2.24) is 9.78 Å². The number of aromatic nitrogens is 2. The zero-order valence-corrected chi connectivity index (χ0v) is 12.4. The van der Waals surface area contributed by atoms with Crippen molar-refractivity contribution in [3.63, 3.8) is 0 Å².